The molecule has 0 radical (unpaired) electrons. The molecule has 2 amide bonds. The van der Waals surface area contributed by atoms with Crippen LogP contribution in [0.1, 0.15) is 12.8 Å². The molecular weight excluding hydrogens is 337 g/mol. The predicted molar refractivity (Wildman–Crippen MR) is 85.0 cm³/mol. The number of fused-ring (bicyclic) bond motifs is 1. The normalized spacial score (nSPS) is 21.0. The number of carbonyl (C=O) groups excluding carboxylic acids is 2. The SMILES string of the molecule is O=C(Nc1cccc2c(O)cccc12)C1CCC(C(F)(F)F)NC1=O. The van der Waals surface area contributed by atoms with Crippen LogP contribution in [0.25, 0.3) is 10.8 Å². The average molecular weight is 352 g/mol. The number of hydrogen-bond donors (Lipinski definition) is 3. The summed E-state index contributed by atoms with van der Waals surface area (Å²) in [5.74, 6) is -2.76. The molecule has 1 heterocycles. The molecule has 1 fully saturated rings. The van der Waals surface area contributed by atoms with Gasteiger partial charge in [-0.1, -0.05) is 24.3 Å². The molecule has 2 unspecified atom stereocenters. The van der Waals surface area contributed by atoms with E-state index in [0.717, 1.165) is 0 Å². The van der Waals surface area contributed by atoms with Gasteiger partial charge < -0.3 is 15.7 Å². The van der Waals surface area contributed by atoms with Gasteiger partial charge in [-0.2, -0.15) is 13.2 Å². The fraction of sp³-hybridized carbons (Fsp3) is 0.294. The number of phenolic OH excluding ortho intramolecular Hbond substituents is 1. The molecule has 132 valence electrons. The Morgan fingerprint density at radius 1 is 1.12 bits per heavy atom. The zero-order valence-corrected chi connectivity index (χ0v) is 12.9. The maximum atomic E-state index is 12.7. The number of halogens is 3. The van der Waals surface area contributed by atoms with Gasteiger partial charge in [0.25, 0.3) is 0 Å². The molecule has 0 bridgehead atoms. The van der Waals surface area contributed by atoms with Crippen molar-refractivity contribution in [2.45, 2.75) is 25.1 Å². The van der Waals surface area contributed by atoms with Gasteiger partial charge in [0.05, 0.1) is 0 Å². The van der Waals surface area contributed by atoms with Crippen molar-refractivity contribution in [3.63, 3.8) is 0 Å². The smallest absolute Gasteiger partial charge is 0.408 e. The minimum absolute atomic E-state index is 0.0389. The highest BCUT2D eigenvalue weighted by atomic mass is 19.4. The maximum Gasteiger partial charge on any atom is 0.408 e. The van der Waals surface area contributed by atoms with Gasteiger partial charge in [0.15, 0.2) is 0 Å². The molecule has 2 atom stereocenters. The van der Waals surface area contributed by atoms with Crippen LogP contribution in [0.5, 0.6) is 5.75 Å². The Balaban J connectivity index is 1.78. The van der Waals surface area contributed by atoms with Crippen LogP contribution in [0.15, 0.2) is 36.4 Å². The monoisotopic (exact) mass is 352 g/mol. The number of piperidine rings is 1. The van der Waals surface area contributed by atoms with Crippen molar-refractivity contribution in [1.82, 2.24) is 5.32 Å². The second-order valence-electron chi connectivity index (χ2n) is 5.90. The van der Waals surface area contributed by atoms with Crippen molar-refractivity contribution >= 4 is 28.3 Å². The molecule has 2 aromatic carbocycles. The molecule has 1 aliphatic heterocycles. The van der Waals surface area contributed by atoms with Gasteiger partial charge >= 0.3 is 6.18 Å². The van der Waals surface area contributed by atoms with Crippen LogP contribution in [-0.2, 0) is 9.59 Å². The minimum atomic E-state index is -4.52. The van der Waals surface area contributed by atoms with Gasteiger partial charge in [-0.05, 0) is 25.0 Å². The quantitative estimate of drug-likeness (QED) is 0.727. The molecule has 2 aromatic rings. The summed E-state index contributed by atoms with van der Waals surface area (Å²) in [4.78, 5) is 24.2. The minimum Gasteiger partial charge on any atom is -0.507 e. The van der Waals surface area contributed by atoms with Crippen LogP contribution in [-0.4, -0.2) is 29.1 Å². The van der Waals surface area contributed by atoms with Crippen LogP contribution >= 0.6 is 0 Å². The Hall–Kier alpha value is -2.77. The molecule has 3 rings (SSSR count). The fourth-order valence-corrected chi connectivity index (χ4v) is 2.93. The number of phenols is 1. The van der Waals surface area contributed by atoms with Crippen LogP contribution < -0.4 is 10.6 Å². The van der Waals surface area contributed by atoms with E-state index >= 15 is 0 Å². The summed E-state index contributed by atoms with van der Waals surface area (Å²) in [6.07, 6.45) is -5.05. The standard InChI is InChI=1S/C17H15F3N2O3/c18-17(19,20)14-8-7-11(16(25)22-14)15(24)21-12-5-1-4-10-9(12)3-2-6-13(10)23/h1-6,11,14,23H,7-8H2,(H,21,24)(H,22,25). The second kappa shape index (κ2) is 6.27. The topological polar surface area (TPSA) is 78.4 Å². The average Bonchev–Trinajstić information content (AvgIpc) is 2.55. The number of benzene rings is 2. The molecular formula is C17H15F3N2O3. The van der Waals surface area contributed by atoms with Crippen LogP contribution in [0, 0.1) is 5.92 Å². The Kier molecular flexibility index (Phi) is 4.28. The molecule has 5 nitrogen and oxygen atoms in total. The highest BCUT2D eigenvalue weighted by Crippen LogP contribution is 2.32. The second-order valence-corrected chi connectivity index (χ2v) is 5.90. The molecule has 25 heavy (non-hydrogen) atoms. The molecule has 3 N–H and O–H groups in total. The third kappa shape index (κ3) is 3.38. The van der Waals surface area contributed by atoms with E-state index in [1.807, 2.05) is 5.32 Å². The summed E-state index contributed by atoms with van der Waals surface area (Å²) in [5.41, 5.74) is 0.379. The van der Waals surface area contributed by atoms with Crippen LogP contribution in [0.2, 0.25) is 0 Å². The lowest BCUT2D eigenvalue weighted by atomic mass is 9.92. The molecule has 0 saturated carbocycles. The molecule has 1 saturated heterocycles. The molecule has 0 aromatic heterocycles. The Labute approximate surface area is 140 Å². The predicted octanol–water partition coefficient (Wildman–Crippen LogP) is 2.94. The summed E-state index contributed by atoms with van der Waals surface area (Å²) >= 11 is 0. The summed E-state index contributed by atoms with van der Waals surface area (Å²) < 4.78 is 38.0. The van der Waals surface area contributed by atoms with Gasteiger partial charge in [0, 0.05) is 16.5 Å². The first kappa shape index (κ1) is 17.1. The maximum absolute atomic E-state index is 12.7. The number of rotatable bonds is 2. The first-order valence-corrected chi connectivity index (χ1v) is 7.66. The molecule has 8 heteroatoms. The third-order valence-electron chi connectivity index (χ3n) is 4.25. The van der Waals surface area contributed by atoms with Crippen molar-refractivity contribution in [2.75, 3.05) is 5.32 Å². The van der Waals surface area contributed by atoms with Crippen molar-refractivity contribution in [3.8, 4) is 5.75 Å². The van der Waals surface area contributed by atoms with Crippen LogP contribution in [0.3, 0.4) is 0 Å². The number of aromatic hydroxyl groups is 1. The summed E-state index contributed by atoms with van der Waals surface area (Å²) in [6.45, 7) is 0. The van der Waals surface area contributed by atoms with E-state index in [1.165, 1.54) is 6.07 Å². The van der Waals surface area contributed by atoms with E-state index in [-0.39, 0.29) is 18.6 Å². The number of nitrogens with one attached hydrogen (secondary N) is 2. The zero-order chi connectivity index (χ0) is 18.2. The van der Waals surface area contributed by atoms with Gasteiger partial charge in [0.1, 0.15) is 17.7 Å². The number of hydrogen-bond acceptors (Lipinski definition) is 3. The lowest BCUT2D eigenvalue weighted by Crippen LogP contribution is -2.53. The highest BCUT2D eigenvalue weighted by Gasteiger charge is 2.45. The van der Waals surface area contributed by atoms with Crippen molar-refractivity contribution in [3.05, 3.63) is 36.4 Å². The van der Waals surface area contributed by atoms with Crippen molar-refractivity contribution in [2.24, 2.45) is 5.92 Å². The third-order valence-corrected chi connectivity index (χ3v) is 4.25. The van der Waals surface area contributed by atoms with E-state index in [1.54, 1.807) is 30.3 Å². The van der Waals surface area contributed by atoms with E-state index < -0.39 is 30.0 Å². The molecule has 0 spiro atoms. The van der Waals surface area contributed by atoms with Gasteiger partial charge in [-0.15, -0.1) is 0 Å². The Morgan fingerprint density at radius 2 is 1.80 bits per heavy atom. The Bertz CT molecular complexity index is 835. The van der Waals surface area contributed by atoms with E-state index in [9.17, 15) is 27.9 Å². The van der Waals surface area contributed by atoms with E-state index in [4.69, 9.17) is 0 Å². The van der Waals surface area contributed by atoms with E-state index in [0.29, 0.717) is 16.5 Å². The highest BCUT2D eigenvalue weighted by molar-refractivity contribution is 6.10. The summed E-state index contributed by atoms with van der Waals surface area (Å²) in [7, 11) is 0. The number of amides is 2. The van der Waals surface area contributed by atoms with E-state index in [2.05, 4.69) is 5.32 Å². The first-order chi connectivity index (χ1) is 11.8. The summed E-state index contributed by atoms with van der Waals surface area (Å²) in [5, 5.41) is 15.4. The van der Waals surface area contributed by atoms with Gasteiger partial charge in [0.2, 0.25) is 11.8 Å². The lowest BCUT2D eigenvalue weighted by Gasteiger charge is -2.29. The first-order valence-electron chi connectivity index (χ1n) is 7.66. The number of alkyl halides is 3. The zero-order valence-electron chi connectivity index (χ0n) is 12.9. The van der Waals surface area contributed by atoms with Crippen molar-refractivity contribution in [1.29, 1.82) is 0 Å². The van der Waals surface area contributed by atoms with Gasteiger partial charge in [-0.3, -0.25) is 9.59 Å². The van der Waals surface area contributed by atoms with Crippen LogP contribution in [0.4, 0.5) is 18.9 Å². The Morgan fingerprint density at radius 3 is 2.48 bits per heavy atom. The van der Waals surface area contributed by atoms with Crippen molar-refractivity contribution < 1.29 is 27.9 Å². The summed E-state index contributed by atoms with van der Waals surface area (Å²) in [6, 6.07) is 7.76. The number of anilines is 1. The molecule has 0 aliphatic carbocycles. The largest absolute Gasteiger partial charge is 0.507 e. The fourth-order valence-electron chi connectivity index (χ4n) is 2.93. The van der Waals surface area contributed by atoms with Gasteiger partial charge in [-0.25, -0.2) is 0 Å². The molecule has 1 aliphatic rings. The lowest BCUT2D eigenvalue weighted by molar-refractivity contribution is -0.170. The number of carbonyl (C=O) groups is 2.